The van der Waals surface area contributed by atoms with E-state index in [-0.39, 0.29) is 29.4 Å². The van der Waals surface area contributed by atoms with E-state index in [9.17, 15) is 15.0 Å². The number of carbonyl (C=O) groups is 1. The van der Waals surface area contributed by atoms with Crippen molar-refractivity contribution < 1.29 is 19.7 Å². The third-order valence-corrected chi connectivity index (χ3v) is 8.41. The summed E-state index contributed by atoms with van der Waals surface area (Å²) < 4.78 is 6.01. The molecule has 1 fully saturated rings. The predicted molar refractivity (Wildman–Crippen MR) is 135 cm³/mol. The lowest BCUT2D eigenvalue weighted by Crippen LogP contribution is -2.43. The number of aromatic nitrogens is 1. The van der Waals surface area contributed by atoms with Crippen molar-refractivity contribution in [3.63, 3.8) is 0 Å². The first-order valence-corrected chi connectivity index (χ1v) is 13.0. The van der Waals surface area contributed by atoms with E-state index < -0.39 is 23.5 Å². The number of hydrogen-bond acceptors (Lipinski definition) is 7. The minimum absolute atomic E-state index is 0.0106. The maximum Gasteiger partial charge on any atom is 0.146 e. The van der Waals surface area contributed by atoms with Gasteiger partial charge in [0.2, 0.25) is 0 Å². The van der Waals surface area contributed by atoms with Crippen LogP contribution in [0.5, 0.6) is 0 Å². The monoisotopic (exact) mass is 480 g/mol. The summed E-state index contributed by atoms with van der Waals surface area (Å²) in [6.45, 7) is 15.0. The number of aliphatic hydroxyl groups is 2. The van der Waals surface area contributed by atoms with Gasteiger partial charge >= 0.3 is 0 Å². The zero-order chi connectivity index (χ0) is 25.1. The molecule has 0 spiro atoms. The van der Waals surface area contributed by atoms with Gasteiger partial charge in [-0.25, -0.2) is 4.98 Å². The van der Waals surface area contributed by atoms with Crippen molar-refractivity contribution in [2.24, 2.45) is 23.0 Å². The topological polar surface area (TPSA) is 109 Å². The van der Waals surface area contributed by atoms with Gasteiger partial charge < -0.3 is 20.7 Å². The second kappa shape index (κ2) is 11.1. The van der Waals surface area contributed by atoms with Crippen LogP contribution in [-0.2, 0) is 9.53 Å². The molecule has 4 N–H and O–H groups in total. The van der Waals surface area contributed by atoms with Crippen LogP contribution in [0.25, 0.3) is 6.08 Å². The van der Waals surface area contributed by atoms with Crippen molar-refractivity contribution in [2.45, 2.75) is 111 Å². The molecule has 6 nitrogen and oxygen atoms in total. The normalized spacial score (nSPS) is 25.9. The molecule has 1 aromatic rings. The fourth-order valence-corrected chi connectivity index (χ4v) is 4.97. The molecule has 7 atom stereocenters. The quantitative estimate of drug-likeness (QED) is 0.358. The number of epoxide rings is 1. The molecule has 7 heteroatoms. The van der Waals surface area contributed by atoms with Crippen LogP contribution in [0.3, 0.4) is 0 Å². The molecule has 0 aliphatic carbocycles. The van der Waals surface area contributed by atoms with E-state index in [1.165, 1.54) is 0 Å². The Bertz CT molecular complexity index is 834. The first-order chi connectivity index (χ1) is 15.2. The van der Waals surface area contributed by atoms with Crippen LogP contribution in [0.15, 0.2) is 11.0 Å². The Balaban J connectivity index is 1.79. The lowest BCUT2D eigenvalue weighted by molar-refractivity contribution is -0.140. The molecular formula is C26H44N2O4S. The molecule has 0 bridgehead atoms. The number of Topliss-reactive ketones (excluding diaryl/α,β-unsaturated/α-hetero) is 1. The largest absolute Gasteiger partial charge is 0.392 e. The summed E-state index contributed by atoms with van der Waals surface area (Å²) >= 11 is 1.63. The molecule has 188 valence electrons. The highest BCUT2D eigenvalue weighted by molar-refractivity contribution is 7.09. The molecule has 0 aromatic carbocycles. The fourth-order valence-electron chi connectivity index (χ4n) is 4.40. The number of aryl methyl sites for hydroxylation is 1. The van der Waals surface area contributed by atoms with Crippen molar-refractivity contribution in [2.75, 3.05) is 0 Å². The van der Waals surface area contributed by atoms with Crippen LogP contribution >= 0.6 is 11.3 Å². The molecule has 7 unspecified atom stereocenters. The average molecular weight is 481 g/mol. The van der Waals surface area contributed by atoms with Gasteiger partial charge in [0, 0.05) is 22.8 Å². The molecule has 0 saturated carbocycles. The number of nitrogens with two attached hydrogens (primary N) is 1. The number of thiazole rings is 1. The molecule has 33 heavy (non-hydrogen) atoms. The standard InChI is InChI=1S/C26H44N2O4S/c1-15(23(30)17(3)24(31)25(6,7)18(4)29)10-9-11-26(8)22(32-26)13-21(27)16(2)12-20-14-33-19(5)28-20/h12,14-15,17-18,21-23,29-30H,9-11,13,27H2,1-8H3/b16-12+. The lowest BCUT2D eigenvalue weighted by Gasteiger charge is -2.33. The van der Waals surface area contributed by atoms with Gasteiger partial charge in [-0.15, -0.1) is 11.3 Å². The third-order valence-electron chi connectivity index (χ3n) is 7.62. The number of aliphatic hydroxyl groups excluding tert-OH is 2. The number of ketones is 1. The Morgan fingerprint density at radius 3 is 2.55 bits per heavy atom. The molecule has 1 aromatic heterocycles. The van der Waals surface area contributed by atoms with Crippen molar-refractivity contribution in [3.05, 3.63) is 21.7 Å². The van der Waals surface area contributed by atoms with Crippen molar-refractivity contribution in [1.29, 1.82) is 0 Å². The van der Waals surface area contributed by atoms with E-state index in [0.29, 0.717) is 0 Å². The highest BCUT2D eigenvalue weighted by Crippen LogP contribution is 2.44. The summed E-state index contributed by atoms with van der Waals surface area (Å²) in [4.78, 5) is 17.2. The molecule has 2 heterocycles. The van der Waals surface area contributed by atoms with E-state index in [4.69, 9.17) is 10.5 Å². The zero-order valence-corrected chi connectivity index (χ0v) is 22.4. The lowest BCUT2D eigenvalue weighted by atomic mass is 9.74. The molecule has 1 saturated heterocycles. The van der Waals surface area contributed by atoms with Crippen molar-refractivity contribution >= 4 is 23.2 Å². The van der Waals surface area contributed by atoms with E-state index in [1.807, 2.05) is 26.2 Å². The summed E-state index contributed by atoms with van der Waals surface area (Å²) in [6.07, 6.45) is 4.11. The van der Waals surface area contributed by atoms with Gasteiger partial charge in [0.15, 0.2) is 0 Å². The smallest absolute Gasteiger partial charge is 0.146 e. The highest BCUT2D eigenvalue weighted by atomic mass is 32.1. The SMILES string of the molecule is C/C(=C\c1csc(C)n1)C(N)CC1OC1(C)CCCC(C)C(O)C(C)C(=O)C(C)(C)C(C)O. The first-order valence-electron chi connectivity index (χ1n) is 12.1. The van der Waals surface area contributed by atoms with Crippen LogP contribution in [0.1, 0.15) is 84.9 Å². The number of nitrogens with zero attached hydrogens (tertiary/aromatic N) is 1. The van der Waals surface area contributed by atoms with Gasteiger partial charge in [0.05, 0.1) is 34.6 Å². The highest BCUT2D eigenvalue weighted by Gasteiger charge is 2.51. The number of hydrogen-bond donors (Lipinski definition) is 3. The number of carbonyl (C=O) groups excluding carboxylic acids is 1. The molecule has 1 aliphatic rings. The van der Waals surface area contributed by atoms with E-state index in [2.05, 4.69) is 18.0 Å². The molecule has 1 aliphatic heterocycles. The zero-order valence-electron chi connectivity index (χ0n) is 21.6. The summed E-state index contributed by atoms with van der Waals surface area (Å²) in [7, 11) is 0. The summed E-state index contributed by atoms with van der Waals surface area (Å²) in [5.41, 5.74) is 7.44. The maximum absolute atomic E-state index is 12.8. The first kappa shape index (κ1) is 28.1. The minimum atomic E-state index is -0.869. The van der Waals surface area contributed by atoms with E-state index >= 15 is 0 Å². The van der Waals surface area contributed by atoms with Gasteiger partial charge in [-0.05, 0) is 59.0 Å². The molecule has 0 radical (unpaired) electrons. The van der Waals surface area contributed by atoms with Crippen LogP contribution in [0, 0.1) is 24.2 Å². The van der Waals surface area contributed by atoms with Gasteiger partial charge in [-0.2, -0.15) is 0 Å². The number of ether oxygens (including phenoxy) is 1. The van der Waals surface area contributed by atoms with Crippen LogP contribution in [-0.4, -0.2) is 50.9 Å². The van der Waals surface area contributed by atoms with Crippen LogP contribution < -0.4 is 5.73 Å². The predicted octanol–water partition coefficient (Wildman–Crippen LogP) is 4.51. The van der Waals surface area contributed by atoms with Crippen molar-refractivity contribution in [3.8, 4) is 0 Å². The summed E-state index contributed by atoms with van der Waals surface area (Å²) in [5.74, 6) is -0.623. The maximum atomic E-state index is 12.8. The Morgan fingerprint density at radius 2 is 2.00 bits per heavy atom. The van der Waals surface area contributed by atoms with Gasteiger partial charge in [-0.3, -0.25) is 4.79 Å². The molecule has 0 amide bonds. The number of rotatable bonds is 13. The Hall–Kier alpha value is -1.12. The van der Waals surface area contributed by atoms with E-state index in [1.54, 1.807) is 39.0 Å². The molecular weight excluding hydrogens is 436 g/mol. The van der Waals surface area contributed by atoms with Crippen LogP contribution in [0.4, 0.5) is 0 Å². The summed E-state index contributed by atoms with van der Waals surface area (Å²) in [5, 5.41) is 23.8. The third kappa shape index (κ3) is 7.18. The Kier molecular flexibility index (Phi) is 9.44. The van der Waals surface area contributed by atoms with Gasteiger partial charge in [0.25, 0.3) is 0 Å². The second-order valence-corrected chi connectivity index (χ2v) is 11.9. The van der Waals surface area contributed by atoms with Gasteiger partial charge in [0.1, 0.15) is 5.78 Å². The fraction of sp³-hybridized carbons (Fsp3) is 0.769. The minimum Gasteiger partial charge on any atom is -0.392 e. The summed E-state index contributed by atoms with van der Waals surface area (Å²) in [6, 6.07) is -0.0660. The van der Waals surface area contributed by atoms with Gasteiger partial charge in [-0.1, -0.05) is 39.7 Å². The second-order valence-electron chi connectivity index (χ2n) is 10.9. The molecule has 2 rings (SSSR count). The van der Waals surface area contributed by atoms with Crippen LogP contribution in [0.2, 0.25) is 0 Å². The Labute approximate surface area is 203 Å². The van der Waals surface area contributed by atoms with E-state index in [0.717, 1.165) is 42.0 Å². The Morgan fingerprint density at radius 1 is 1.36 bits per heavy atom. The van der Waals surface area contributed by atoms with Crippen molar-refractivity contribution in [1.82, 2.24) is 4.98 Å². The average Bonchev–Trinajstić information content (AvgIpc) is 3.17.